The Kier molecular flexibility index (Phi) is 6.36. The summed E-state index contributed by atoms with van der Waals surface area (Å²) in [5.74, 6) is 0.550. The van der Waals surface area contributed by atoms with Gasteiger partial charge in [-0.3, -0.25) is 4.79 Å². The average Bonchev–Trinajstić information content (AvgIpc) is 2.51. The average molecular weight is 355 g/mol. The quantitative estimate of drug-likeness (QED) is 0.608. The number of hydrogen-bond donors (Lipinski definition) is 2. The molecule has 23 heavy (non-hydrogen) atoms. The summed E-state index contributed by atoms with van der Waals surface area (Å²) in [7, 11) is 0. The van der Waals surface area contributed by atoms with Crippen LogP contribution < -0.4 is 10.6 Å². The van der Waals surface area contributed by atoms with Crippen molar-refractivity contribution in [3.05, 3.63) is 47.1 Å². The van der Waals surface area contributed by atoms with E-state index in [4.69, 9.17) is 16.3 Å². The lowest BCUT2D eigenvalue weighted by molar-refractivity contribution is -0.147. The molecule has 0 spiro atoms. The number of thioether (sulfide) groups is 1. The van der Waals surface area contributed by atoms with Gasteiger partial charge in [-0.1, -0.05) is 43.3 Å². The van der Waals surface area contributed by atoms with Crippen LogP contribution in [0.5, 0.6) is 0 Å². The zero-order valence-corrected chi connectivity index (χ0v) is 14.4. The third kappa shape index (κ3) is 4.42. The van der Waals surface area contributed by atoms with Gasteiger partial charge in [0, 0.05) is 16.5 Å². The molecule has 1 aromatic rings. The summed E-state index contributed by atoms with van der Waals surface area (Å²) in [6, 6.07) is 6.08. The highest BCUT2D eigenvalue weighted by atomic mass is 35.5. The molecule has 0 saturated carbocycles. The van der Waals surface area contributed by atoms with Gasteiger partial charge in [0.25, 0.3) is 0 Å². The molecule has 0 aliphatic carbocycles. The molecule has 2 rings (SSSR count). The largest absolute Gasteiger partial charge is 0.464 e. The van der Waals surface area contributed by atoms with E-state index in [0.717, 1.165) is 11.5 Å². The zero-order chi connectivity index (χ0) is 16.8. The van der Waals surface area contributed by atoms with Crippen molar-refractivity contribution in [3.8, 4) is 0 Å². The number of amides is 2. The van der Waals surface area contributed by atoms with Crippen molar-refractivity contribution in [2.75, 3.05) is 18.1 Å². The minimum Gasteiger partial charge on any atom is -0.464 e. The molecule has 1 heterocycles. The molecule has 5 nitrogen and oxygen atoms in total. The Bertz CT molecular complexity index is 609. The fourth-order valence-electron chi connectivity index (χ4n) is 2.38. The first-order chi connectivity index (χ1) is 11.0. The molecule has 2 atom stereocenters. The van der Waals surface area contributed by atoms with Crippen LogP contribution in [0.3, 0.4) is 0 Å². The minimum absolute atomic E-state index is 0.312. The van der Waals surface area contributed by atoms with Gasteiger partial charge in [-0.05, 0) is 17.4 Å². The van der Waals surface area contributed by atoms with Crippen molar-refractivity contribution in [3.63, 3.8) is 0 Å². The summed E-state index contributed by atoms with van der Waals surface area (Å²) in [6.45, 7) is 6.16. The second kappa shape index (κ2) is 8.26. The van der Waals surface area contributed by atoms with Crippen molar-refractivity contribution in [2.45, 2.75) is 13.0 Å². The lowest BCUT2D eigenvalue weighted by Gasteiger charge is -2.33. The first-order valence-electron chi connectivity index (χ1n) is 7.29. The number of hydrogen-bond acceptors (Lipinski definition) is 4. The standard InChI is InChI=1S/C16H19ClN2O3S/c1-3-23-9-8-22-15(20)13-10(2)18-16(21)19-14(13)11-6-4-5-7-12(11)17/h4-7,13-14H,2-3,8-9H2,1H3,(H2,18,19,21)/t13-,14-/m1/s1. The molecule has 2 N–H and O–H groups in total. The van der Waals surface area contributed by atoms with E-state index in [2.05, 4.69) is 17.2 Å². The van der Waals surface area contributed by atoms with Gasteiger partial charge in [0.05, 0.1) is 6.04 Å². The van der Waals surface area contributed by atoms with Crippen LogP contribution in [-0.2, 0) is 9.53 Å². The number of ether oxygens (including phenoxy) is 1. The molecule has 2 amide bonds. The Labute approximate surface area is 144 Å². The van der Waals surface area contributed by atoms with Gasteiger partial charge in [-0.25, -0.2) is 4.79 Å². The van der Waals surface area contributed by atoms with Crippen molar-refractivity contribution < 1.29 is 14.3 Å². The number of carbonyl (C=O) groups excluding carboxylic acids is 2. The number of carbonyl (C=O) groups is 2. The lowest BCUT2D eigenvalue weighted by atomic mass is 9.89. The van der Waals surface area contributed by atoms with Crippen LogP contribution in [0, 0.1) is 5.92 Å². The highest BCUT2D eigenvalue weighted by Gasteiger charge is 2.39. The molecule has 0 bridgehead atoms. The van der Waals surface area contributed by atoms with Crippen LogP contribution in [0.4, 0.5) is 4.79 Å². The summed E-state index contributed by atoms with van der Waals surface area (Å²) < 4.78 is 5.33. The molecular formula is C16H19ClN2O3S. The van der Waals surface area contributed by atoms with E-state index in [1.54, 1.807) is 36.0 Å². The third-order valence-electron chi connectivity index (χ3n) is 3.44. The van der Waals surface area contributed by atoms with Gasteiger partial charge >= 0.3 is 12.0 Å². The lowest BCUT2D eigenvalue weighted by Crippen LogP contribution is -2.51. The van der Waals surface area contributed by atoms with Crippen molar-refractivity contribution in [1.82, 2.24) is 10.6 Å². The Morgan fingerprint density at radius 1 is 1.43 bits per heavy atom. The Balaban J connectivity index is 2.19. The number of benzene rings is 1. The van der Waals surface area contributed by atoms with Crippen LogP contribution in [0.15, 0.2) is 36.5 Å². The molecule has 1 fully saturated rings. The predicted molar refractivity (Wildman–Crippen MR) is 92.4 cm³/mol. The molecule has 0 unspecified atom stereocenters. The fraction of sp³-hybridized carbons (Fsp3) is 0.375. The highest BCUT2D eigenvalue weighted by molar-refractivity contribution is 7.99. The first-order valence-corrected chi connectivity index (χ1v) is 8.83. The van der Waals surface area contributed by atoms with Gasteiger partial charge in [0.1, 0.15) is 12.5 Å². The van der Waals surface area contributed by atoms with Crippen LogP contribution in [-0.4, -0.2) is 30.1 Å². The van der Waals surface area contributed by atoms with E-state index < -0.39 is 24.0 Å². The summed E-state index contributed by atoms with van der Waals surface area (Å²) in [5.41, 5.74) is 0.974. The number of esters is 1. The van der Waals surface area contributed by atoms with E-state index >= 15 is 0 Å². The van der Waals surface area contributed by atoms with E-state index in [-0.39, 0.29) is 0 Å². The number of urea groups is 1. The monoisotopic (exact) mass is 354 g/mol. The van der Waals surface area contributed by atoms with Crippen LogP contribution in [0.2, 0.25) is 5.02 Å². The maximum Gasteiger partial charge on any atom is 0.319 e. The van der Waals surface area contributed by atoms with Gasteiger partial charge in [0.15, 0.2) is 0 Å². The first kappa shape index (κ1) is 17.7. The molecular weight excluding hydrogens is 336 g/mol. The van der Waals surface area contributed by atoms with Crippen molar-refractivity contribution in [1.29, 1.82) is 0 Å². The molecule has 1 saturated heterocycles. The predicted octanol–water partition coefficient (Wildman–Crippen LogP) is 3.12. The second-order valence-electron chi connectivity index (χ2n) is 4.96. The fourth-order valence-corrected chi connectivity index (χ4v) is 3.13. The Hall–Kier alpha value is -1.66. The number of nitrogens with one attached hydrogen (secondary N) is 2. The topological polar surface area (TPSA) is 67.4 Å². The van der Waals surface area contributed by atoms with E-state index in [1.807, 2.05) is 6.92 Å². The van der Waals surface area contributed by atoms with E-state index in [1.165, 1.54) is 0 Å². The van der Waals surface area contributed by atoms with E-state index in [0.29, 0.717) is 22.9 Å². The Morgan fingerprint density at radius 3 is 2.87 bits per heavy atom. The third-order valence-corrected chi connectivity index (χ3v) is 4.65. The van der Waals surface area contributed by atoms with Gasteiger partial charge < -0.3 is 15.4 Å². The molecule has 1 aliphatic rings. The van der Waals surface area contributed by atoms with Gasteiger partial charge in [-0.2, -0.15) is 11.8 Å². The molecule has 0 aromatic heterocycles. The normalized spacial score (nSPS) is 20.6. The molecule has 124 valence electrons. The van der Waals surface area contributed by atoms with Crippen LogP contribution in [0.1, 0.15) is 18.5 Å². The molecule has 1 aliphatic heterocycles. The highest BCUT2D eigenvalue weighted by Crippen LogP contribution is 2.34. The van der Waals surface area contributed by atoms with Crippen LogP contribution in [0.25, 0.3) is 0 Å². The maximum atomic E-state index is 12.4. The zero-order valence-electron chi connectivity index (χ0n) is 12.8. The van der Waals surface area contributed by atoms with E-state index in [9.17, 15) is 9.59 Å². The SMILES string of the molecule is C=C1NC(=O)N[C@H](c2ccccc2Cl)[C@@H]1C(=O)OCCSCC. The second-order valence-corrected chi connectivity index (χ2v) is 6.77. The molecule has 0 radical (unpaired) electrons. The van der Waals surface area contributed by atoms with Crippen molar-refractivity contribution in [2.24, 2.45) is 5.92 Å². The minimum atomic E-state index is -0.723. The summed E-state index contributed by atoms with van der Waals surface area (Å²) in [5, 5.41) is 5.75. The molecule has 1 aromatic carbocycles. The van der Waals surface area contributed by atoms with Gasteiger partial charge in [0.2, 0.25) is 0 Å². The summed E-state index contributed by atoms with van der Waals surface area (Å²) in [6.07, 6.45) is 0. The maximum absolute atomic E-state index is 12.4. The smallest absolute Gasteiger partial charge is 0.319 e. The Morgan fingerprint density at radius 2 is 2.17 bits per heavy atom. The van der Waals surface area contributed by atoms with Crippen LogP contribution >= 0.6 is 23.4 Å². The summed E-state index contributed by atoms with van der Waals surface area (Å²) >= 11 is 7.90. The number of rotatable bonds is 6. The van der Waals surface area contributed by atoms with Gasteiger partial charge in [-0.15, -0.1) is 0 Å². The van der Waals surface area contributed by atoms with Crippen molar-refractivity contribution >= 4 is 35.4 Å². The number of halogens is 1. The molecule has 7 heteroatoms. The summed E-state index contributed by atoms with van der Waals surface area (Å²) in [4.78, 5) is 24.2.